The average molecular weight is 888 g/mol. The van der Waals surface area contributed by atoms with Crippen molar-refractivity contribution in [1.82, 2.24) is 0 Å². The Morgan fingerprint density at radius 3 is 0.985 bits per heavy atom. The van der Waals surface area contributed by atoms with Gasteiger partial charge in [0.15, 0.2) is 0 Å². The third kappa shape index (κ3) is 6.20. The summed E-state index contributed by atoms with van der Waals surface area (Å²) in [6.07, 6.45) is 0. The van der Waals surface area contributed by atoms with Gasteiger partial charge in [0.25, 0.3) is 0 Å². The molecule has 0 bridgehead atoms. The summed E-state index contributed by atoms with van der Waals surface area (Å²) < 4.78 is 2.90. The number of fused-ring (bicyclic) bond motifs is 7. The Labute approximate surface area is 384 Å². The van der Waals surface area contributed by atoms with Crippen molar-refractivity contribution in [3.8, 4) is 66.8 Å². The van der Waals surface area contributed by atoms with E-state index in [-0.39, 0.29) is 14.5 Å². The van der Waals surface area contributed by atoms with E-state index in [1.165, 1.54) is 129 Å². The fraction of sp³-hybridized carbons (Fsp3) is 0. The second kappa shape index (κ2) is 15.5. The Hall–Kier alpha value is -7.80. The Morgan fingerprint density at radius 2 is 0.538 bits per heavy atom. The molecule has 13 aromatic rings. The van der Waals surface area contributed by atoms with Gasteiger partial charge in [0.1, 0.15) is 0 Å². The van der Waals surface area contributed by atoms with Crippen LogP contribution in [0.15, 0.2) is 243 Å². The van der Waals surface area contributed by atoms with Gasteiger partial charge < -0.3 is 0 Å². The molecule has 0 fully saturated rings. The van der Waals surface area contributed by atoms with E-state index >= 15 is 0 Å². The maximum Gasteiger partial charge on any atom is -0.0544 e. The first-order valence-electron chi connectivity index (χ1n) is 22.4. The molecular weight excluding hydrogens is 848 g/mol. The first-order chi connectivity index (χ1) is 32.3. The zero-order valence-corrected chi connectivity index (χ0v) is 37.2. The van der Waals surface area contributed by atoms with Gasteiger partial charge >= 0.3 is 350 Å². The maximum atomic E-state index is 2.50. The van der Waals surface area contributed by atoms with Crippen molar-refractivity contribution in [3.05, 3.63) is 243 Å². The number of rotatable bonds is 6. The molecule has 0 saturated carbocycles. The molecular formula is C64H40Se. The third-order valence-electron chi connectivity index (χ3n) is 13.4. The van der Waals surface area contributed by atoms with E-state index in [0.717, 1.165) is 0 Å². The van der Waals surface area contributed by atoms with Gasteiger partial charge in [-0.3, -0.25) is 0 Å². The van der Waals surface area contributed by atoms with E-state index in [4.69, 9.17) is 0 Å². The minimum atomic E-state index is 0.127. The molecule has 0 unspecified atom stereocenters. The number of hydrogen-bond donors (Lipinski definition) is 0. The molecule has 302 valence electrons. The topological polar surface area (TPSA) is 0 Å². The second-order valence-corrected chi connectivity index (χ2v) is 19.3. The Bertz CT molecular complexity index is 3870. The summed E-state index contributed by atoms with van der Waals surface area (Å²) in [6, 6.07) is 90.1. The van der Waals surface area contributed by atoms with Crippen LogP contribution >= 0.6 is 0 Å². The average Bonchev–Trinajstić information content (AvgIpc) is 3.76. The van der Waals surface area contributed by atoms with Crippen LogP contribution in [-0.2, 0) is 0 Å². The van der Waals surface area contributed by atoms with Crippen LogP contribution in [0.2, 0.25) is 0 Å². The standard InChI is InChI=1S/C64H40Se/c1-3-18-41(19-4-1)43-22-15-24-45(38-43)60-48-26-7-9-28-50(48)62(51-29-10-8-27-49(51)60)47-36-37-59-58(40-47)56-34-17-35-57(64(56)65-59)63-54-32-13-11-30-52(54)61(53-31-12-14-33-55(53)63)46-25-16-23-44(39-46)42-20-5-2-6-21-42/h1-40H. The maximum absolute atomic E-state index is 2.50. The Morgan fingerprint density at radius 1 is 0.200 bits per heavy atom. The molecule has 65 heavy (non-hydrogen) atoms. The minimum Gasteiger partial charge on any atom is -0.0617 e. The van der Waals surface area contributed by atoms with E-state index < -0.39 is 0 Å². The third-order valence-corrected chi connectivity index (χ3v) is 16.0. The Kier molecular flexibility index (Phi) is 8.98. The molecule has 13 rings (SSSR count). The predicted molar refractivity (Wildman–Crippen MR) is 281 cm³/mol. The molecule has 0 amide bonds. The fourth-order valence-corrected chi connectivity index (χ4v) is 13.1. The predicted octanol–water partition coefficient (Wildman–Crippen LogP) is 17.7. The summed E-state index contributed by atoms with van der Waals surface area (Å²) in [5.74, 6) is 0. The van der Waals surface area contributed by atoms with E-state index in [1.807, 2.05) is 0 Å². The molecule has 0 aliphatic carbocycles. The molecule has 0 saturated heterocycles. The first kappa shape index (κ1) is 37.7. The summed E-state index contributed by atoms with van der Waals surface area (Å²) in [6.45, 7) is 0. The quantitative estimate of drug-likeness (QED) is 0.115. The number of hydrogen-bond acceptors (Lipinski definition) is 0. The SMILES string of the molecule is c1ccc(-c2cccc(-c3c4ccccc4c(-c4ccc5[se]c6c(-c7c8ccccc8c(-c8cccc(-c9ccccc9)c8)c8ccccc78)cccc6c5c4)c4ccccc34)c2)cc1. The van der Waals surface area contributed by atoms with Gasteiger partial charge in [-0.2, -0.15) is 0 Å². The van der Waals surface area contributed by atoms with Gasteiger partial charge in [-0.05, 0) is 0 Å². The van der Waals surface area contributed by atoms with Crippen molar-refractivity contribution < 1.29 is 0 Å². The van der Waals surface area contributed by atoms with Crippen LogP contribution in [0.4, 0.5) is 0 Å². The molecule has 0 N–H and O–H groups in total. The summed E-state index contributed by atoms with van der Waals surface area (Å²) in [4.78, 5) is 0. The molecule has 12 aromatic carbocycles. The summed E-state index contributed by atoms with van der Waals surface area (Å²) in [5, 5.41) is 12.9. The number of benzene rings is 12. The van der Waals surface area contributed by atoms with Crippen LogP contribution in [0.1, 0.15) is 0 Å². The van der Waals surface area contributed by atoms with Crippen LogP contribution in [-0.4, -0.2) is 14.5 Å². The van der Waals surface area contributed by atoms with Gasteiger partial charge in [0.2, 0.25) is 0 Å². The van der Waals surface area contributed by atoms with Crippen molar-refractivity contribution in [2.45, 2.75) is 0 Å². The summed E-state index contributed by atoms with van der Waals surface area (Å²) in [7, 11) is 0. The summed E-state index contributed by atoms with van der Waals surface area (Å²) >= 11 is 0.127. The molecule has 1 aromatic heterocycles. The van der Waals surface area contributed by atoms with Gasteiger partial charge in [0.05, 0.1) is 0 Å². The van der Waals surface area contributed by atoms with Crippen molar-refractivity contribution in [3.63, 3.8) is 0 Å². The molecule has 1 heteroatoms. The first-order valence-corrected chi connectivity index (χ1v) is 24.1. The van der Waals surface area contributed by atoms with E-state index in [1.54, 1.807) is 0 Å². The fourth-order valence-electron chi connectivity index (χ4n) is 10.6. The van der Waals surface area contributed by atoms with E-state index in [9.17, 15) is 0 Å². The van der Waals surface area contributed by atoms with Crippen molar-refractivity contribution in [1.29, 1.82) is 0 Å². The molecule has 0 spiro atoms. The van der Waals surface area contributed by atoms with Crippen molar-refractivity contribution >= 4 is 76.9 Å². The van der Waals surface area contributed by atoms with E-state index in [2.05, 4.69) is 243 Å². The monoisotopic (exact) mass is 888 g/mol. The van der Waals surface area contributed by atoms with E-state index in [0.29, 0.717) is 0 Å². The molecule has 0 aliphatic heterocycles. The minimum absolute atomic E-state index is 0.127. The van der Waals surface area contributed by atoms with Crippen molar-refractivity contribution in [2.24, 2.45) is 0 Å². The molecule has 0 nitrogen and oxygen atoms in total. The normalized spacial score (nSPS) is 11.7. The zero-order chi connectivity index (χ0) is 42.8. The van der Waals surface area contributed by atoms with Crippen molar-refractivity contribution in [2.75, 3.05) is 0 Å². The van der Waals surface area contributed by atoms with Gasteiger partial charge in [0, 0.05) is 0 Å². The van der Waals surface area contributed by atoms with Crippen LogP contribution in [0.5, 0.6) is 0 Å². The zero-order valence-electron chi connectivity index (χ0n) is 35.5. The van der Waals surface area contributed by atoms with Crippen LogP contribution < -0.4 is 0 Å². The van der Waals surface area contributed by atoms with Gasteiger partial charge in [-0.25, -0.2) is 0 Å². The van der Waals surface area contributed by atoms with Crippen LogP contribution in [0, 0.1) is 0 Å². The van der Waals surface area contributed by atoms with Gasteiger partial charge in [-0.15, -0.1) is 0 Å². The molecule has 1 heterocycles. The molecule has 0 aliphatic rings. The second-order valence-electron chi connectivity index (χ2n) is 17.1. The Balaban J connectivity index is 1.01. The molecule has 0 atom stereocenters. The summed E-state index contributed by atoms with van der Waals surface area (Å²) in [5.41, 5.74) is 15.2. The smallest absolute Gasteiger partial charge is 0.0544 e. The van der Waals surface area contributed by atoms with Gasteiger partial charge in [-0.1, -0.05) is 36.4 Å². The van der Waals surface area contributed by atoms with Crippen LogP contribution in [0.3, 0.4) is 0 Å². The van der Waals surface area contributed by atoms with Crippen LogP contribution in [0.25, 0.3) is 129 Å². The largest absolute Gasteiger partial charge is 0.0617 e. The molecule has 0 radical (unpaired) electrons.